The van der Waals surface area contributed by atoms with Crippen LogP contribution in [-0.2, 0) is 0 Å². The first-order valence-corrected chi connectivity index (χ1v) is 7.22. The Balaban J connectivity index is 2.11. The quantitative estimate of drug-likeness (QED) is 0.938. The molecule has 6 nitrogen and oxygen atoms in total. The van der Waals surface area contributed by atoms with Gasteiger partial charge in [-0.15, -0.1) is 0 Å². The molecule has 1 aromatic carbocycles. The number of piperazine rings is 1. The van der Waals surface area contributed by atoms with Gasteiger partial charge in [0.15, 0.2) is 5.75 Å². The molecule has 21 heavy (non-hydrogen) atoms. The minimum Gasteiger partial charge on any atom is -0.491 e. The molecule has 114 valence electrons. The molecule has 7 heteroatoms. The molecule has 3 rings (SSSR count). The molecule has 0 radical (unpaired) electrons. The summed E-state index contributed by atoms with van der Waals surface area (Å²) in [6.45, 7) is 4.79. The van der Waals surface area contributed by atoms with Crippen LogP contribution < -0.4 is 19.7 Å². The Kier molecular flexibility index (Phi) is 3.82. The molecule has 2 aromatic rings. The van der Waals surface area contributed by atoms with Gasteiger partial charge in [0.2, 0.25) is 11.3 Å². The highest BCUT2D eigenvalue weighted by Crippen LogP contribution is 2.42. The molecule has 1 fully saturated rings. The van der Waals surface area contributed by atoms with Crippen molar-refractivity contribution in [1.29, 1.82) is 0 Å². The maximum absolute atomic E-state index is 6.20. The number of nitrogens with one attached hydrogen (secondary N) is 1. The van der Waals surface area contributed by atoms with Crippen LogP contribution in [0.4, 0.5) is 6.01 Å². The van der Waals surface area contributed by atoms with Crippen molar-refractivity contribution < 1.29 is 13.9 Å². The van der Waals surface area contributed by atoms with Crippen molar-refractivity contribution in [3.05, 3.63) is 11.1 Å². The van der Waals surface area contributed by atoms with Crippen LogP contribution >= 0.6 is 11.6 Å². The zero-order valence-corrected chi connectivity index (χ0v) is 13.0. The smallest absolute Gasteiger partial charge is 0.298 e. The fourth-order valence-corrected chi connectivity index (χ4v) is 2.87. The van der Waals surface area contributed by atoms with Crippen molar-refractivity contribution in [3.8, 4) is 11.5 Å². The first-order chi connectivity index (χ1) is 10.2. The Morgan fingerprint density at radius 1 is 1.38 bits per heavy atom. The van der Waals surface area contributed by atoms with Crippen molar-refractivity contribution in [3.63, 3.8) is 0 Å². The second-order valence-electron chi connectivity index (χ2n) is 5.02. The lowest BCUT2D eigenvalue weighted by molar-refractivity contribution is 0.353. The molecule has 0 saturated carbocycles. The zero-order valence-electron chi connectivity index (χ0n) is 12.3. The Morgan fingerprint density at radius 2 is 2.14 bits per heavy atom. The topological polar surface area (TPSA) is 59.8 Å². The van der Waals surface area contributed by atoms with E-state index in [-0.39, 0.29) is 0 Å². The minimum atomic E-state index is 0.315. The highest BCUT2D eigenvalue weighted by molar-refractivity contribution is 6.33. The van der Waals surface area contributed by atoms with Gasteiger partial charge in [-0.05, 0) is 13.0 Å². The summed E-state index contributed by atoms with van der Waals surface area (Å²) in [4.78, 5) is 6.68. The number of aromatic nitrogens is 1. The largest absolute Gasteiger partial charge is 0.491 e. The lowest BCUT2D eigenvalue weighted by atomic mass is 10.2. The fourth-order valence-electron chi connectivity index (χ4n) is 2.60. The number of anilines is 1. The van der Waals surface area contributed by atoms with Crippen molar-refractivity contribution in [2.24, 2.45) is 0 Å². The monoisotopic (exact) mass is 311 g/mol. The average Bonchev–Trinajstić information content (AvgIpc) is 2.89. The lowest BCUT2D eigenvalue weighted by Crippen LogP contribution is -2.50. The normalized spacial score (nSPS) is 19.0. The van der Waals surface area contributed by atoms with Gasteiger partial charge in [0, 0.05) is 25.7 Å². The van der Waals surface area contributed by atoms with Gasteiger partial charge >= 0.3 is 0 Å². The molecule has 0 bridgehead atoms. The third-order valence-electron chi connectivity index (χ3n) is 3.69. The van der Waals surface area contributed by atoms with E-state index in [0.29, 0.717) is 39.7 Å². The molecule has 1 aromatic heterocycles. The summed E-state index contributed by atoms with van der Waals surface area (Å²) < 4.78 is 16.6. The van der Waals surface area contributed by atoms with Crippen molar-refractivity contribution in [1.82, 2.24) is 10.3 Å². The molecule has 0 aliphatic carbocycles. The number of nitrogens with zero attached hydrogens (tertiary/aromatic N) is 2. The third-order valence-corrected chi connectivity index (χ3v) is 3.97. The summed E-state index contributed by atoms with van der Waals surface area (Å²) in [7, 11) is 3.11. The predicted molar refractivity (Wildman–Crippen MR) is 81.8 cm³/mol. The first kappa shape index (κ1) is 14.3. The fraction of sp³-hybridized carbons (Fsp3) is 0.500. The molecular formula is C14H18ClN3O3. The van der Waals surface area contributed by atoms with Crippen LogP contribution in [0, 0.1) is 0 Å². The van der Waals surface area contributed by atoms with Crippen molar-refractivity contribution >= 4 is 28.7 Å². The molecule has 1 unspecified atom stereocenters. The highest BCUT2D eigenvalue weighted by atomic mass is 35.5. The average molecular weight is 312 g/mol. The summed E-state index contributed by atoms with van der Waals surface area (Å²) in [5, 5.41) is 3.79. The van der Waals surface area contributed by atoms with E-state index in [2.05, 4.69) is 22.1 Å². The second kappa shape index (κ2) is 5.61. The van der Waals surface area contributed by atoms with E-state index in [1.54, 1.807) is 20.3 Å². The molecule has 1 atom stereocenters. The Morgan fingerprint density at radius 3 is 2.81 bits per heavy atom. The number of benzene rings is 1. The molecule has 0 spiro atoms. The highest BCUT2D eigenvalue weighted by Gasteiger charge is 2.25. The van der Waals surface area contributed by atoms with Gasteiger partial charge in [0.1, 0.15) is 5.52 Å². The number of oxazole rings is 1. The maximum atomic E-state index is 6.20. The number of hydrogen-bond donors (Lipinski definition) is 1. The van der Waals surface area contributed by atoms with Crippen LogP contribution in [-0.4, -0.2) is 44.9 Å². The zero-order chi connectivity index (χ0) is 15.0. The van der Waals surface area contributed by atoms with Gasteiger partial charge in [0.25, 0.3) is 6.01 Å². The molecule has 1 aliphatic heterocycles. The van der Waals surface area contributed by atoms with E-state index >= 15 is 0 Å². The standard InChI is InChI=1S/C14H18ClN3O3/c1-8-7-16-4-5-18(8)14-17-10-6-9(15)11(19-2)13(20-3)12(10)21-14/h6,8,16H,4-5,7H2,1-3H3. The van der Waals surface area contributed by atoms with E-state index in [9.17, 15) is 0 Å². The molecule has 0 amide bonds. The summed E-state index contributed by atoms with van der Waals surface area (Å²) in [5.74, 6) is 0.935. The first-order valence-electron chi connectivity index (χ1n) is 6.84. The summed E-state index contributed by atoms with van der Waals surface area (Å²) in [5.41, 5.74) is 1.22. The number of methoxy groups -OCH3 is 2. The van der Waals surface area contributed by atoms with E-state index < -0.39 is 0 Å². The summed E-state index contributed by atoms with van der Waals surface area (Å²) >= 11 is 6.20. The molecule has 1 saturated heterocycles. The van der Waals surface area contributed by atoms with E-state index in [1.807, 2.05) is 0 Å². The van der Waals surface area contributed by atoms with Crippen LogP contribution in [0.25, 0.3) is 11.1 Å². The Hall–Kier alpha value is -1.66. The van der Waals surface area contributed by atoms with Crippen LogP contribution in [0.2, 0.25) is 5.02 Å². The van der Waals surface area contributed by atoms with E-state index in [0.717, 1.165) is 19.6 Å². The molecule has 2 heterocycles. The van der Waals surface area contributed by atoms with Crippen molar-refractivity contribution in [2.75, 3.05) is 38.8 Å². The second-order valence-corrected chi connectivity index (χ2v) is 5.42. The Bertz CT molecular complexity index is 658. The number of ether oxygens (including phenoxy) is 2. The van der Waals surface area contributed by atoms with Gasteiger partial charge in [-0.2, -0.15) is 4.98 Å². The predicted octanol–water partition coefficient (Wildman–Crippen LogP) is 2.30. The Labute approximate surface area is 128 Å². The van der Waals surface area contributed by atoms with Crippen LogP contribution in [0.3, 0.4) is 0 Å². The SMILES string of the molecule is COc1c(Cl)cc2nc(N3CCNCC3C)oc2c1OC. The van der Waals surface area contributed by atoms with Gasteiger partial charge in [-0.25, -0.2) is 0 Å². The summed E-state index contributed by atoms with van der Waals surface area (Å²) in [6.07, 6.45) is 0. The lowest BCUT2D eigenvalue weighted by Gasteiger charge is -2.32. The van der Waals surface area contributed by atoms with Gasteiger partial charge < -0.3 is 24.1 Å². The summed E-state index contributed by atoms with van der Waals surface area (Å²) in [6, 6.07) is 2.63. The van der Waals surface area contributed by atoms with Gasteiger partial charge in [-0.1, -0.05) is 11.6 Å². The van der Waals surface area contributed by atoms with E-state index in [4.69, 9.17) is 25.5 Å². The third kappa shape index (κ3) is 2.38. The van der Waals surface area contributed by atoms with Crippen LogP contribution in [0.5, 0.6) is 11.5 Å². The number of fused-ring (bicyclic) bond motifs is 1. The minimum absolute atomic E-state index is 0.315. The molecule has 1 N–H and O–H groups in total. The van der Waals surface area contributed by atoms with Crippen LogP contribution in [0.1, 0.15) is 6.92 Å². The van der Waals surface area contributed by atoms with Gasteiger partial charge in [-0.3, -0.25) is 0 Å². The number of halogens is 1. The van der Waals surface area contributed by atoms with Crippen molar-refractivity contribution in [2.45, 2.75) is 13.0 Å². The number of hydrogen-bond acceptors (Lipinski definition) is 6. The molecule has 1 aliphatic rings. The van der Waals surface area contributed by atoms with Crippen LogP contribution in [0.15, 0.2) is 10.5 Å². The molecular weight excluding hydrogens is 294 g/mol. The maximum Gasteiger partial charge on any atom is 0.298 e. The number of rotatable bonds is 3. The van der Waals surface area contributed by atoms with E-state index in [1.165, 1.54) is 0 Å². The van der Waals surface area contributed by atoms with Gasteiger partial charge in [0.05, 0.1) is 19.2 Å².